The van der Waals surface area contributed by atoms with E-state index in [2.05, 4.69) is 16.1 Å². The topological polar surface area (TPSA) is 18.5 Å². The molecular formula is C11H12F8O2. The first-order valence-corrected chi connectivity index (χ1v) is 5.37. The maximum Gasteiger partial charge on any atom is 0.424 e. The van der Waals surface area contributed by atoms with Crippen LogP contribution in [0.2, 0.25) is 0 Å². The molecule has 0 radical (unpaired) electrons. The van der Waals surface area contributed by atoms with E-state index in [1.807, 2.05) is 0 Å². The van der Waals surface area contributed by atoms with Gasteiger partial charge >= 0.3 is 18.2 Å². The van der Waals surface area contributed by atoms with Crippen molar-refractivity contribution in [2.24, 2.45) is 0 Å². The van der Waals surface area contributed by atoms with Gasteiger partial charge < -0.3 is 9.47 Å². The highest BCUT2D eigenvalue weighted by Crippen LogP contribution is 2.52. The fourth-order valence-electron chi connectivity index (χ4n) is 1.48. The maximum atomic E-state index is 13.7. The summed E-state index contributed by atoms with van der Waals surface area (Å²) in [4.78, 5) is 0. The average molecular weight is 328 g/mol. The molecule has 0 fully saturated rings. The Hall–Kier alpha value is -1.16. The van der Waals surface area contributed by atoms with Gasteiger partial charge in [0.15, 0.2) is 0 Å². The first-order chi connectivity index (χ1) is 9.48. The van der Waals surface area contributed by atoms with Crippen molar-refractivity contribution in [3.05, 3.63) is 24.6 Å². The van der Waals surface area contributed by atoms with E-state index in [0.29, 0.717) is 0 Å². The molecule has 0 aliphatic rings. The predicted molar refractivity (Wildman–Crippen MR) is 56.5 cm³/mol. The number of alkyl halides is 5. The zero-order valence-corrected chi connectivity index (χ0v) is 10.7. The summed E-state index contributed by atoms with van der Waals surface area (Å²) in [5.74, 6) is -9.13. The highest BCUT2D eigenvalue weighted by molar-refractivity contribution is 5.17. The van der Waals surface area contributed by atoms with Gasteiger partial charge in [-0.05, 0) is 12.8 Å². The second-order valence-electron chi connectivity index (χ2n) is 3.85. The Labute approximate surface area is 115 Å². The van der Waals surface area contributed by atoms with Gasteiger partial charge in [0.1, 0.15) is 6.79 Å². The summed E-state index contributed by atoms with van der Waals surface area (Å²) in [6, 6.07) is 0. The van der Waals surface area contributed by atoms with Crippen LogP contribution in [0.1, 0.15) is 12.8 Å². The number of ether oxygens (including phenoxy) is 2. The Bertz CT molecular complexity index is 386. The van der Waals surface area contributed by atoms with Crippen molar-refractivity contribution in [2.75, 3.05) is 13.9 Å². The normalized spacial score (nSPS) is 15.5. The second kappa shape index (κ2) is 7.21. The van der Waals surface area contributed by atoms with Crippen molar-refractivity contribution >= 4 is 0 Å². The number of hydrogen-bond donors (Lipinski definition) is 0. The number of halogens is 8. The Morgan fingerprint density at radius 2 is 1.62 bits per heavy atom. The van der Waals surface area contributed by atoms with Crippen LogP contribution in [-0.4, -0.2) is 31.6 Å². The van der Waals surface area contributed by atoms with Crippen LogP contribution in [-0.2, 0) is 9.47 Å². The molecular weight excluding hydrogens is 316 g/mol. The average Bonchev–Trinajstić information content (AvgIpc) is 2.36. The molecule has 0 saturated carbocycles. The molecule has 2 nitrogen and oxygen atoms in total. The number of hydrogen-bond acceptors (Lipinski definition) is 2. The van der Waals surface area contributed by atoms with Crippen LogP contribution in [0.4, 0.5) is 35.1 Å². The lowest BCUT2D eigenvalue weighted by atomic mass is 9.88. The number of allylic oxidation sites excluding steroid dienone is 1. The molecule has 10 heteroatoms. The van der Waals surface area contributed by atoms with Gasteiger partial charge in [0, 0.05) is 7.11 Å². The van der Waals surface area contributed by atoms with Crippen LogP contribution in [0.25, 0.3) is 0 Å². The first-order valence-electron chi connectivity index (χ1n) is 5.37. The van der Waals surface area contributed by atoms with E-state index in [1.54, 1.807) is 0 Å². The zero-order valence-electron chi connectivity index (χ0n) is 10.7. The molecule has 1 atom stereocenters. The van der Waals surface area contributed by atoms with Crippen LogP contribution in [0.3, 0.4) is 0 Å². The van der Waals surface area contributed by atoms with Crippen LogP contribution in [0.5, 0.6) is 0 Å². The summed E-state index contributed by atoms with van der Waals surface area (Å²) in [5, 5.41) is 0. The molecule has 21 heavy (non-hydrogen) atoms. The summed E-state index contributed by atoms with van der Waals surface area (Å²) in [7, 11) is 0.828. The highest BCUT2D eigenvalue weighted by atomic mass is 19.4. The monoisotopic (exact) mass is 328 g/mol. The third kappa shape index (κ3) is 3.94. The lowest BCUT2D eigenvalue weighted by Crippen LogP contribution is -2.61. The molecule has 1 unspecified atom stereocenters. The Balaban J connectivity index is 6.07. The maximum absolute atomic E-state index is 13.7. The summed E-state index contributed by atoms with van der Waals surface area (Å²) < 4.78 is 111. The van der Waals surface area contributed by atoms with Crippen molar-refractivity contribution in [3.8, 4) is 0 Å². The van der Waals surface area contributed by atoms with E-state index in [4.69, 9.17) is 0 Å². The van der Waals surface area contributed by atoms with Gasteiger partial charge in [0.05, 0.1) is 0 Å². The van der Waals surface area contributed by atoms with Crippen molar-refractivity contribution in [1.82, 2.24) is 0 Å². The summed E-state index contributed by atoms with van der Waals surface area (Å²) in [6.45, 7) is 1.74. The smallest absolute Gasteiger partial charge is 0.359 e. The van der Waals surface area contributed by atoms with Crippen LogP contribution in [0, 0.1) is 0 Å². The zero-order chi connectivity index (χ0) is 16.9. The standard InChI is InChI=1S/C11H12F8O2/c1-3-4-5-9(11(17,18)19,21-6-20-2)10(15,16)7(12)8(13)14/h3H,1,4-6H2,2H3. The molecule has 0 aromatic carbocycles. The summed E-state index contributed by atoms with van der Waals surface area (Å²) >= 11 is 0. The van der Waals surface area contributed by atoms with Gasteiger partial charge in [-0.25, -0.2) is 0 Å². The summed E-state index contributed by atoms with van der Waals surface area (Å²) in [6.07, 6.45) is -10.8. The van der Waals surface area contributed by atoms with Gasteiger partial charge in [0.2, 0.25) is 11.4 Å². The molecule has 0 aromatic heterocycles. The van der Waals surface area contributed by atoms with Gasteiger partial charge in [0.25, 0.3) is 0 Å². The molecule has 0 rings (SSSR count). The van der Waals surface area contributed by atoms with E-state index < -0.39 is 49.2 Å². The third-order valence-electron chi connectivity index (χ3n) is 2.53. The third-order valence-corrected chi connectivity index (χ3v) is 2.53. The second-order valence-corrected chi connectivity index (χ2v) is 3.85. The van der Waals surface area contributed by atoms with E-state index in [1.165, 1.54) is 0 Å². The molecule has 0 heterocycles. The minimum Gasteiger partial charge on any atom is -0.359 e. The van der Waals surface area contributed by atoms with E-state index in [9.17, 15) is 35.1 Å². The van der Waals surface area contributed by atoms with E-state index >= 15 is 0 Å². The molecule has 0 spiro atoms. The minimum atomic E-state index is -5.84. The van der Waals surface area contributed by atoms with Gasteiger partial charge in [-0.2, -0.15) is 35.1 Å². The molecule has 0 aliphatic heterocycles. The van der Waals surface area contributed by atoms with Crippen molar-refractivity contribution in [3.63, 3.8) is 0 Å². The first kappa shape index (κ1) is 19.8. The SMILES string of the molecule is C=CCCC(OCOC)(C(F)(F)F)C(F)(F)C(F)=C(F)F. The summed E-state index contributed by atoms with van der Waals surface area (Å²) in [5.41, 5.74) is -4.50. The lowest BCUT2D eigenvalue weighted by Gasteiger charge is -2.39. The fraction of sp³-hybridized carbons (Fsp3) is 0.636. The van der Waals surface area contributed by atoms with Crippen molar-refractivity contribution < 1.29 is 44.6 Å². The molecule has 0 aliphatic carbocycles. The predicted octanol–water partition coefficient (Wildman–Crippen LogP) is 4.59. The molecule has 0 aromatic rings. The van der Waals surface area contributed by atoms with E-state index in [-0.39, 0.29) is 0 Å². The molecule has 124 valence electrons. The van der Waals surface area contributed by atoms with Gasteiger partial charge in [-0.1, -0.05) is 6.08 Å². The van der Waals surface area contributed by atoms with Crippen molar-refractivity contribution in [2.45, 2.75) is 30.5 Å². The Kier molecular flexibility index (Phi) is 6.81. The molecule has 0 saturated heterocycles. The molecule has 0 N–H and O–H groups in total. The highest BCUT2D eigenvalue weighted by Gasteiger charge is 2.73. The largest absolute Gasteiger partial charge is 0.424 e. The van der Waals surface area contributed by atoms with Crippen LogP contribution < -0.4 is 0 Å². The van der Waals surface area contributed by atoms with Crippen molar-refractivity contribution in [1.29, 1.82) is 0 Å². The Morgan fingerprint density at radius 1 is 1.10 bits per heavy atom. The number of rotatable bonds is 8. The van der Waals surface area contributed by atoms with Gasteiger partial charge in [-0.3, -0.25) is 0 Å². The quantitative estimate of drug-likeness (QED) is 0.369. The van der Waals surface area contributed by atoms with Crippen LogP contribution >= 0.6 is 0 Å². The molecule has 0 amide bonds. The minimum absolute atomic E-state index is 0.681. The fourth-order valence-corrected chi connectivity index (χ4v) is 1.48. The molecule has 0 bridgehead atoms. The van der Waals surface area contributed by atoms with Crippen LogP contribution in [0.15, 0.2) is 24.6 Å². The Morgan fingerprint density at radius 3 is 1.95 bits per heavy atom. The van der Waals surface area contributed by atoms with E-state index in [0.717, 1.165) is 13.2 Å². The van der Waals surface area contributed by atoms with Gasteiger partial charge in [-0.15, -0.1) is 6.58 Å². The lowest BCUT2D eigenvalue weighted by molar-refractivity contribution is -0.357. The number of methoxy groups -OCH3 is 1.